The molecule has 4 N–H and O–H groups in total. The number of hydrogen-bond donors (Lipinski definition) is 3. The highest BCUT2D eigenvalue weighted by Crippen LogP contribution is 2.23. The summed E-state index contributed by atoms with van der Waals surface area (Å²) in [5.74, 6) is -0.845. The van der Waals surface area contributed by atoms with E-state index >= 15 is 0 Å². The summed E-state index contributed by atoms with van der Waals surface area (Å²) in [6.07, 6.45) is 0.0437. The largest absolute Gasteiger partial charge is 0.481 e. The molecule has 0 heterocycles. The molecule has 0 saturated heterocycles. The second-order valence-electron chi connectivity index (χ2n) is 3.37. The van der Waals surface area contributed by atoms with Gasteiger partial charge in [0.1, 0.15) is 0 Å². The highest BCUT2D eigenvalue weighted by atomic mass is 35.5. The SMILES string of the molecule is CC(CC(=O)O)Nc1ccc(Cl)cc1N. The van der Waals surface area contributed by atoms with Gasteiger partial charge < -0.3 is 16.2 Å². The molecule has 5 heteroatoms. The zero-order valence-electron chi connectivity index (χ0n) is 8.33. The van der Waals surface area contributed by atoms with Crippen LogP contribution in [0.25, 0.3) is 0 Å². The van der Waals surface area contributed by atoms with E-state index in [1.165, 1.54) is 0 Å². The Morgan fingerprint density at radius 3 is 2.87 bits per heavy atom. The van der Waals surface area contributed by atoms with Gasteiger partial charge in [-0.2, -0.15) is 0 Å². The number of carboxylic acid groups (broad SMARTS) is 1. The topological polar surface area (TPSA) is 75.3 Å². The number of hydrogen-bond acceptors (Lipinski definition) is 3. The van der Waals surface area contributed by atoms with Gasteiger partial charge in [-0.15, -0.1) is 0 Å². The minimum absolute atomic E-state index is 0.0437. The zero-order valence-corrected chi connectivity index (χ0v) is 9.08. The molecular formula is C10H13ClN2O2. The van der Waals surface area contributed by atoms with Crippen molar-refractivity contribution in [3.63, 3.8) is 0 Å². The maximum absolute atomic E-state index is 10.4. The van der Waals surface area contributed by atoms with Crippen molar-refractivity contribution in [1.29, 1.82) is 0 Å². The molecule has 1 aromatic rings. The van der Waals surface area contributed by atoms with Crippen LogP contribution in [0.3, 0.4) is 0 Å². The Balaban J connectivity index is 2.68. The lowest BCUT2D eigenvalue weighted by Crippen LogP contribution is -2.19. The first-order valence-electron chi connectivity index (χ1n) is 4.52. The lowest BCUT2D eigenvalue weighted by Gasteiger charge is -2.14. The summed E-state index contributed by atoms with van der Waals surface area (Å²) >= 11 is 5.74. The number of carbonyl (C=O) groups is 1. The Labute approximate surface area is 93.0 Å². The molecule has 0 saturated carbocycles. The van der Waals surface area contributed by atoms with Crippen LogP contribution in [0.1, 0.15) is 13.3 Å². The molecule has 82 valence electrons. The number of aliphatic carboxylic acids is 1. The van der Waals surface area contributed by atoms with E-state index in [-0.39, 0.29) is 12.5 Å². The third-order valence-corrected chi connectivity index (χ3v) is 2.13. The van der Waals surface area contributed by atoms with E-state index in [1.807, 2.05) is 0 Å². The number of benzene rings is 1. The normalized spacial score (nSPS) is 12.1. The van der Waals surface area contributed by atoms with Crippen molar-refractivity contribution in [3.05, 3.63) is 23.2 Å². The van der Waals surface area contributed by atoms with Crippen LogP contribution in [0.4, 0.5) is 11.4 Å². The lowest BCUT2D eigenvalue weighted by atomic mass is 10.2. The number of nitrogen functional groups attached to an aromatic ring is 1. The molecule has 0 aliphatic carbocycles. The van der Waals surface area contributed by atoms with E-state index in [1.54, 1.807) is 25.1 Å². The van der Waals surface area contributed by atoms with E-state index in [4.69, 9.17) is 22.4 Å². The van der Waals surface area contributed by atoms with E-state index in [9.17, 15) is 4.79 Å². The number of nitrogens with one attached hydrogen (secondary N) is 1. The molecule has 15 heavy (non-hydrogen) atoms. The minimum Gasteiger partial charge on any atom is -0.481 e. The van der Waals surface area contributed by atoms with E-state index in [2.05, 4.69) is 5.32 Å². The molecule has 0 aromatic heterocycles. The number of anilines is 2. The van der Waals surface area contributed by atoms with Gasteiger partial charge in [-0.25, -0.2) is 0 Å². The van der Waals surface area contributed by atoms with Crippen LogP contribution >= 0.6 is 11.6 Å². The van der Waals surface area contributed by atoms with Crippen molar-refractivity contribution in [2.75, 3.05) is 11.1 Å². The molecule has 0 aliphatic rings. The summed E-state index contributed by atoms with van der Waals surface area (Å²) in [6, 6.07) is 4.88. The highest BCUT2D eigenvalue weighted by Gasteiger charge is 2.08. The standard InChI is InChI=1S/C10H13ClN2O2/c1-6(4-10(14)15)13-9-3-2-7(11)5-8(9)12/h2-3,5-6,13H,4,12H2,1H3,(H,14,15). The second kappa shape index (κ2) is 4.89. The first-order valence-corrected chi connectivity index (χ1v) is 4.90. The zero-order chi connectivity index (χ0) is 11.4. The summed E-state index contributed by atoms with van der Waals surface area (Å²) in [6.45, 7) is 1.78. The predicted octanol–water partition coefficient (Wildman–Crippen LogP) is 2.20. The Kier molecular flexibility index (Phi) is 3.80. The van der Waals surface area contributed by atoms with Crippen LogP contribution in [0.15, 0.2) is 18.2 Å². The minimum atomic E-state index is -0.845. The summed E-state index contributed by atoms with van der Waals surface area (Å²) in [4.78, 5) is 10.4. The molecule has 0 fully saturated rings. The third-order valence-electron chi connectivity index (χ3n) is 1.90. The van der Waals surface area contributed by atoms with Crippen molar-refractivity contribution in [2.24, 2.45) is 0 Å². The molecule has 0 radical (unpaired) electrons. The highest BCUT2D eigenvalue weighted by molar-refractivity contribution is 6.31. The van der Waals surface area contributed by atoms with Crippen molar-refractivity contribution >= 4 is 28.9 Å². The molecule has 4 nitrogen and oxygen atoms in total. The van der Waals surface area contributed by atoms with E-state index < -0.39 is 5.97 Å². The van der Waals surface area contributed by atoms with Gasteiger partial charge in [0.15, 0.2) is 0 Å². The van der Waals surface area contributed by atoms with Gasteiger partial charge in [-0.3, -0.25) is 4.79 Å². The van der Waals surface area contributed by atoms with Crippen LogP contribution < -0.4 is 11.1 Å². The predicted molar refractivity (Wildman–Crippen MR) is 61.2 cm³/mol. The number of halogens is 1. The fourth-order valence-corrected chi connectivity index (χ4v) is 1.42. The summed E-state index contributed by atoms with van der Waals surface area (Å²) in [7, 11) is 0. The van der Waals surface area contributed by atoms with Crippen LogP contribution in [-0.4, -0.2) is 17.1 Å². The monoisotopic (exact) mass is 228 g/mol. The number of nitrogens with two attached hydrogens (primary N) is 1. The van der Waals surface area contributed by atoms with Gasteiger partial charge in [0.25, 0.3) is 0 Å². The maximum Gasteiger partial charge on any atom is 0.305 e. The van der Waals surface area contributed by atoms with Crippen LogP contribution in [0, 0.1) is 0 Å². The Hall–Kier alpha value is -1.42. The first-order chi connectivity index (χ1) is 6.99. The second-order valence-corrected chi connectivity index (χ2v) is 3.81. The quantitative estimate of drug-likeness (QED) is 0.691. The number of rotatable bonds is 4. The molecule has 1 aromatic carbocycles. The van der Waals surface area contributed by atoms with Gasteiger partial charge in [-0.05, 0) is 25.1 Å². The molecule has 1 unspecified atom stereocenters. The Bertz CT molecular complexity index is 368. The van der Waals surface area contributed by atoms with Crippen LogP contribution in [0.2, 0.25) is 5.02 Å². The molecule has 0 aliphatic heterocycles. The van der Waals surface area contributed by atoms with Crippen molar-refractivity contribution in [2.45, 2.75) is 19.4 Å². The van der Waals surface area contributed by atoms with Gasteiger partial charge in [0.05, 0.1) is 17.8 Å². The van der Waals surface area contributed by atoms with Crippen LogP contribution in [0.5, 0.6) is 0 Å². The Morgan fingerprint density at radius 2 is 2.33 bits per heavy atom. The van der Waals surface area contributed by atoms with Gasteiger partial charge >= 0.3 is 5.97 Å². The summed E-state index contributed by atoms with van der Waals surface area (Å²) in [5, 5.41) is 12.1. The molecule has 1 atom stereocenters. The fourth-order valence-electron chi connectivity index (χ4n) is 1.24. The van der Waals surface area contributed by atoms with E-state index in [0.29, 0.717) is 16.4 Å². The van der Waals surface area contributed by atoms with Gasteiger partial charge in [-0.1, -0.05) is 11.6 Å². The molecule has 0 amide bonds. The summed E-state index contributed by atoms with van der Waals surface area (Å²) < 4.78 is 0. The van der Waals surface area contributed by atoms with Crippen LogP contribution in [-0.2, 0) is 4.79 Å². The molecular weight excluding hydrogens is 216 g/mol. The maximum atomic E-state index is 10.4. The smallest absolute Gasteiger partial charge is 0.305 e. The lowest BCUT2D eigenvalue weighted by molar-refractivity contribution is -0.137. The average molecular weight is 229 g/mol. The van der Waals surface area contributed by atoms with Crippen molar-refractivity contribution in [1.82, 2.24) is 0 Å². The molecule has 1 rings (SSSR count). The number of carboxylic acids is 1. The van der Waals surface area contributed by atoms with Gasteiger partial charge in [0.2, 0.25) is 0 Å². The van der Waals surface area contributed by atoms with Crippen molar-refractivity contribution < 1.29 is 9.90 Å². The van der Waals surface area contributed by atoms with E-state index in [0.717, 1.165) is 0 Å². The van der Waals surface area contributed by atoms with Crippen molar-refractivity contribution in [3.8, 4) is 0 Å². The fraction of sp³-hybridized carbons (Fsp3) is 0.300. The Morgan fingerprint density at radius 1 is 1.67 bits per heavy atom. The van der Waals surface area contributed by atoms with Gasteiger partial charge in [0, 0.05) is 11.1 Å². The summed E-state index contributed by atoms with van der Waals surface area (Å²) in [5.41, 5.74) is 6.92. The third kappa shape index (κ3) is 3.67. The molecule has 0 bridgehead atoms. The first kappa shape index (κ1) is 11.7. The average Bonchev–Trinajstić information content (AvgIpc) is 2.08. The molecule has 0 spiro atoms.